The quantitative estimate of drug-likeness (QED) is 0.786. The van der Waals surface area contributed by atoms with Gasteiger partial charge in [0.1, 0.15) is 5.75 Å². The summed E-state index contributed by atoms with van der Waals surface area (Å²) in [6.45, 7) is 0.171. The number of aliphatic hydroxyl groups is 1. The van der Waals surface area contributed by atoms with Crippen LogP contribution in [0, 0.1) is 5.92 Å². The van der Waals surface area contributed by atoms with Crippen molar-refractivity contribution in [1.29, 1.82) is 0 Å². The van der Waals surface area contributed by atoms with Crippen molar-refractivity contribution >= 4 is 5.69 Å². The number of anilines is 1. The van der Waals surface area contributed by atoms with E-state index in [2.05, 4.69) is 17.5 Å². The summed E-state index contributed by atoms with van der Waals surface area (Å²) in [5.74, 6) is 1.36. The zero-order chi connectivity index (χ0) is 12.8. The van der Waals surface area contributed by atoms with Crippen LogP contribution in [0.15, 0.2) is 36.4 Å². The van der Waals surface area contributed by atoms with E-state index in [9.17, 15) is 5.11 Å². The Kier molecular flexibility index (Phi) is 4.65. The molecule has 0 amide bonds. The van der Waals surface area contributed by atoms with Crippen LogP contribution >= 0.6 is 0 Å². The van der Waals surface area contributed by atoms with Gasteiger partial charge in [0.05, 0.1) is 19.8 Å². The van der Waals surface area contributed by atoms with Crippen LogP contribution in [0.4, 0.5) is 5.69 Å². The van der Waals surface area contributed by atoms with E-state index in [-0.39, 0.29) is 12.6 Å². The van der Waals surface area contributed by atoms with Crippen LogP contribution in [0.2, 0.25) is 0 Å². The van der Waals surface area contributed by atoms with E-state index in [1.54, 1.807) is 7.11 Å². The number of methoxy groups -OCH3 is 1. The fourth-order valence-corrected chi connectivity index (χ4v) is 2.40. The molecule has 1 aromatic carbocycles. The molecule has 1 aliphatic rings. The molecule has 2 rings (SSSR count). The molecule has 18 heavy (non-hydrogen) atoms. The van der Waals surface area contributed by atoms with Gasteiger partial charge in [0, 0.05) is 5.69 Å². The molecule has 3 heteroatoms. The minimum absolute atomic E-state index is 0.128. The summed E-state index contributed by atoms with van der Waals surface area (Å²) in [7, 11) is 1.66. The number of hydrogen-bond donors (Lipinski definition) is 2. The molecule has 0 heterocycles. The number of allylic oxidation sites excluding steroid dienone is 2. The molecule has 0 saturated carbocycles. The van der Waals surface area contributed by atoms with Gasteiger partial charge in [0.15, 0.2) is 0 Å². The Bertz CT molecular complexity index is 386. The molecule has 98 valence electrons. The van der Waals surface area contributed by atoms with E-state index in [1.165, 1.54) is 0 Å². The molecule has 1 aliphatic carbocycles. The second-order valence-corrected chi connectivity index (χ2v) is 4.71. The number of aliphatic hydroxyl groups excluding tert-OH is 1. The summed E-state index contributed by atoms with van der Waals surface area (Å²) in [6, 6.07) is 7.96. The zero-order valence-electron chi connectivity index (χ0n) is 10.8. The van der Waals surface area contributed by atoms with E-state index in [0.29, 0.717) is 5.92 Å². The predicted molar refractivity (Wildman–Crippen MR) is 74.0 cm³/mol. The van der Waals surface area contributed by atoms with Crippen molar-refractivity contribution in [3.8, 4) is 5.75 Å². The minimum atomic E-state index is 0.128. The first-order valence-corrected chi connectivity index (χ1v) is 6.50. The molecule has 0 saturated heterocycles. The molecule has 3 nitrogen and oxygen atoms in total. The van der Waals surface area contributed by atoms with Gasteiger partial charge in [0.2, 0.25) is 0 Å². The highest BCUT2D eigenvalue weighted by molar-refractivity contribution is 5.47. The van der Waals surface area contributed by atoms with Crippen molar-refractivity contribution in [2.75, 3.05) is 19.0 Å². The molecule has 0 spiro atoms. The maximum absolute atomic E-state index is 9.53. The van der Waals surface area contributed by atoms with Gasteiger partial charge in [-0.1, -0.05) is 12.2 Å². The first kappa shape index (κ1) is 13.0. The number of hydrogen-bond acceptors (Lipinski definition) is 3. The Morgan fingerprint density at radius 1 is 1.33 bits per heavy atom. The molecule has 0 aliphatic heterocycles. The molecular weight excluding hydrogens is 226 g/mol. The Morgan fingerprint density at radius 3 is 2.67 bits per heavy atom. The van der Waals surface area contributed by atoms with Gasteiger partial charge in [-0.05, 0) is 49.4 Å². The van der Waals surface area contributed by atoms with E-state index >= 15 is 0 Å². The molecule has 0 fully saturated rings. The van der Waals surface area contributed by atoms with Gasteiger partial charge in [0.25, 0.3) is 0 Å². The summed E-state index contributed by atoms with van der Waals surface area (Å²) in [5, 5.41) is 12.9. The molecule has 0 radical (unpaired) electrons. The third-order valence-corrected chi connectivity index (χ3v) is 3.52. The van der Waals surface area contributed by atoms with Gasteiger partial charge < -0.3 is 15.2 Å². The third kappa shape index (κ3) is 3.26. The normalized spacial score (nSPS) is 20.4. The lowest BCUT2D eigenvalue weighted by Crippen LogP contribution is -2.33. The number of benzene rings is 1. The molecule has 2 unspecified atom stereocenters. The van der Waals surface area contributed by atoms with E-state index in [0.717, 1.165) is 30.7 Å². The Labute approximate surface area is 108 Å². The standard InChI is InChI=1S/C15H21NO2/c1-18-14-9-7-13(8-10-14)16-15(11-17)12-5-3-2-4-6-12/h2-3,7-10,12,15-17H,4-6,11H2,1H3. The average Bonchev–Trinajstić information content (AvgIpc) is 2.46. The topological polar surface area (TPSA) is 41.5 Å². The number of rotatable bonds is 5. The third-order valence-electron chi connectivity index (χ3n) is 3.52. The average molecular weight is 247 g/mol. The van der Waals surface area contributed by atoms with Crippen molar-refractivity contribution in [3.63, 3.8) is 0 Å². The highest BCUT2D eigenvalue weighted by Gasteiger charge is 2.20. The second-order valence-electron chi connectivity index (χ2n) is 4.71. The van der Waals surface area contributed by atoms with Crippen LogP contribution in [-0.4, -0.2) is 24.9 Å². The SMILES string of the molecule is COc1ccc(NC(CO)C2CC=CCC2)cc1. The molecule has 0 aromatic heterocycles. The lowest BCUT2D eigenvalue weighted by Gasteiger charge is -2.28. The van der Waals surface area contributed by atoms with Gasteiger partial charge in [-0.15, -0.1) is 0 Å². The Morgan fingerprint density at radius 2 is 2.11 bits per heavy atom. The largest absolute Gasteiger partial charge is 0.497 e. The van der Waals surface area contributed by atoms with E-state index < -0.39 is 0 Å². The number of nitrogens with one attached hydrogen (secondary N) is 1. The Hall–Kier alpha value is -1.48. The second kappa shape index (κ2) is 6.45. The summed E-state index contributed by atoms with van der Waals surface area (Å²) in [5.41, 5.74) is 1.03. The van der Waals surface area contributed by atoms with Gasteiger partial charge in [-0.3, -0.25) is 0 Å². The van der Waals surface area contributed by atoms with Gasteiger partial charge >= 0.3 is 0 Å². The maximum atomic E-state index is 9.53. The monoisotopic (exact) mass is 247 g/mol. The summed E-state index contributed by atoms with van der Waals surface area (Å²) in [6.07, 6.45) is 7.75. The van der Waals surface area contributed by atoms with Crippen molar-refractivity contribution in [3.05, 3.63) is 36.4 Å². The number of ether oxygens (including phenoxy) is 1. The molecule has 0 bridgehead atoms. The smallest absolute Gasteiger partial charge is 0.119 e. The van der Waals surface area contributed by atoms with E-state index in [4.69, 9.17) is 4.74 Å². The van der Waals surface area contributed by atoms with Crippen LogP contribution in [0.1, 0.15) is 19.3 Å². The van der Waals surface area contributed by atoms with Crippen LogP contribution in [0.5, 0.6) is 5.75 Å². The lowest BCUT2D eigenvalue weighted by molar-refractivity contribution is 0.230. The van der Waals surface area contributed by atoms with Crippen molar-refractivity contribution < 1.29 is 9.84 Å². The fourth-order valence-electron chi connectivity index (χ4n) is 2.40. The van der Waals surface area contributed by atoms with Gasteiger partial charge in [-0.2, -0.15) is 0 Å². The predicted octanol–water partition coefficient (Wildman–Crippen LogP) is 2.82. The first-order chi connectivity index (χ1) is 8.83. The van der Waals surface area contributed by atoms with Gasteiger partial charge in [-0.25, -0.2) is 0 Å². The molecular formula is C15H21NO2. The highest BCUT2D eigenvalue weighted by Crippen LogP contribution is 2.25. The first-order valence-electron chi connectivity index (χ1n) is 6.50. The minimum Gasteiger partial charge on any atom is -0.497 e. The molecule has 2 atom stereocenters. The van der Waals surface area contributed by atoms with Crippen LogP contribution in [0.3, 0.4) is 0 Å². The fraction of sp³-hybridized carbons (Fsp3) is 0.467. The van der Waals surface area contributed by atoms with Crippen LogP contribution in [0.25, 0.3) is 0 Å². The summed E-state index contributed by atoms with van der Waals surface area (Å²) < 4.78 is 5.13. The molecule has 1 aromatic rings. The lowest BCUT2D eigenvalue weighted by atomic mass is 9.88. The van der Waals surface area contributed by atoms with Crippen molar-refractivity contribution in [2.45, 2.75) is 25.3 Å². The van der Waals surface area contributed by atoms with Crippen molar-refractivity contribution in [1.82, 2.24) is 0 Å². The highest BCUT2D eigenvalue weighted by atomic mass is 16.5. The summed E-state index contributed by atoms with van der Waals surface area (Å²) in [4.78, 5) is 0. The van der Waals surface area contributed by atoms with E-state index in [1.807, 2.05) is 24.3 Å². The maximum Gasteiger partial charge on any atom is 0.119 e. The summed E-state index contributed by atoms with van der Waals surface area (Å²) >= 11 is 0. The zero-order valence-corrected chi connectivity index (χ0v) is 10.8. The Balaban J connectivity index is 1.98. The molecule has 2 N–H and O–H groups in total. The van der Waals surface area contributed by atoms with Crippen LogP contribution < -0.4 is 10.1 Å². The van der Waals surface area contributed by atoms with Crippen molar-refractivity contribution in [2.24, 2.45) is 5.92 Å². The van der Waals surface area contributed by atoms with Crippen LogP contribution in [-0.2, 0) is 0 Å².